The zero-order valence-corrected chi connectivity index (χ0v) is 37.1. The number of rotatable bonds is 14. The molecule has 0 radical (unpaired) electrons. The molecule has 11 nitrogen and oxygen atoms in total. The van der Waals surface area contributed by atoms with Gasteiger partial charge in [-0.1, -0.05) is 48.9 Å². The number of carbonyl (C=O) groups is 2. The fraction of sp³-hybridized carbons (Fsp3) is 0.386. The van der Waals surface area contributed by atoms with Crippen LogP contribution >= 0.6 is 23.2 Å². The first kappa shape index (κ1) is 41.4. The van der Waals surface area contributed by atoms with Gasteiger partial charge in [0.25, 0.3) is 5.91 Å². The number of halogens is 2. The van der Waals surface area contributed by atoms with Crippen molar-refractivity contribution in [3.63, 3.8) is 0 Å². The number of aromatic amines is 1. The van der Waals surface area contributed by atoms with E-state index >= 15 is 4.79 Å². The molecule has 0 fully saturated rings. The Kier molecular flexibility index (Phi) is 11.5. The van der Waals surface area contributed by atoms with E-state index in [1.165, 1.54) is 7.11 Å². The number of fused-ring (bicyclic) bond motifs is 4. The highest BCUT2D eigenvalue weighted by atomic mass is 35.5. The second-order valence-electron chi connectivity index (χ2n) is 16.6. The van der Waals surface area contributed by atoms with Crippen molar-refractivity contribution in [2.24, 2.45) is 0 Å². The molecule has 0 spiro atoms. The van der Waals surface area contributed by atoms with Crippen molar-refractivity contribution in [2.45, 2.75) is 85.9 Å². The highest BCUT2D eigenvalue weighted by Crippen LogP contribution is 2.46. The first-order chi connectivity index (χ1) is 27.5. The fourth-order valence-electron chi connectivity index (χ4n) is 8.21. The van der Waals surface area contributed by atoms with Gasteiger partial charge in [-0.05, 0) is 107 Å². The number of hydrogen-bond acceptors (Lipinski definition) is 6. The summed E-state index contributed by atoms with van der Waals surface area (Å²) in [5.74, 6) is -0.0506. The Labute approximate surface area is 349 Å². The molecule has 0 aliphatic carbocycles. The monoisotopic (exact) mass is 843 g/mol. The molecule has 1 atom stereocenters. The minimum absolute atomic E-state index is 0.00570. The molecule has 0 bridgehead atoms. The number of methoxy groups -OCH3 is 1. The van der Waals surface area contributed by atoms with Crippen LogP contribution in [0, 0.1) is 27.7 Å². The van der Waals surface area contributed by atoms with Crippen LogP contribution in [-0.4, -0.2) is 71.3 Å². The summed E-state index contributed by atoms with van der Waals surface area (Å²) in [6.07, 6.45) is 1.17. The van der Waals surface area contributed by atoms with Gasteiger partial charge in [-0.25, -0.2) is 9.48 Å². The van der Waals surface area contributed by atoms with Gasteiger partial charge in [-0.2, -0.15) is 5.10 Å². The predicted molar refractivity (Wildman–Crippen MR) is 235 cm³/mol. The van der Waals surface area contributed by atoms with Crippen LogP contribution < -0.4 is 14.4 Å². The molecule has 6 aromatic rings. The summed E-state index contributed by atoms with van der Waals surface area (Å²) in [7, 11) is 0.275. The molecule has 58 heavy (non-hydrogen) atoms. The van der Waals surface area contributed by atoms with E-state index < -0.39 is 14.0 Å². The number of benzene rings is 3. The molecule has 1 unspecified atom stereocenters. The highest BCUT2D eigenvalue weighted by molar-refractivity contribution is 6.76. The Bertz CT molecular complexity index is 2560. The van der Waals surface area contributed by atoms with Crippen molar-refractivity contribution in [3.8, 4) is 22.6 Å². The Morgan fingerprint density at radius 2 is 1.72 bits per heavy atom. The molecular weight excluding hydrogens is 794 g/mol. The van der Waals surface area contributed by atoms with Crippen molar-refractivity contribution in [1.29, 1.82) is 0 Å². The smallest absolute Gasteiger partial charge is 0.352 e. The van der Waals surface area contributed by atoms with Gasteiger partial charge in [0, 0.05) is 59.9 Å². The third-order valence-electron chi connectivity index (χ3n) is 11.1. The number of amides is 1. The molecule has 3 aromatic heterocycles. The number of anilines is 1. The molecule has 4 heterocycles. The first-order valence-corrected chi connectivity index (χ1v) is 24.1. The number of ether oxygens (including phenoxy) is 3. The molecule has 2 N–H and O–H groups in total. The largest absolute Gasteiger partial charge is 0.496 e. The van der Waals surface area contributed by atoms with Crippen LogP contribution in [0.15, 0.2) is 42.5 Å². The van der Waals surface area contributed by atoms with Crippen molar-refractivity contribution in [3.05, 3.63) is 92.0 Å². The van der Waals surface area contributed by atoms with Gasteiger partial charge in [0.2, 0.25) is 0 Å². The number of hydrogen-bond donors (Lipinski definition) is 2. The van der Waals surface area contributed by atoms with E-state index in [1.54, 1.807) is 17.0 Å². The summed E-state index contributed by atoms with van der Waals surface area (Å²) < 4.78 is 22.0. The Morgan fingerprint density at radius 3 is 2.40 bits per heavy atom. The molecule has 7 rings (SSSR count). The minimum Gasteiger partial charge on any atom is -0.496 e. The van der Waals surface area contributed by atoms with Crippen molar-refractivity contribution < 1.29 is 28.9 Å². The van der Waals surface area contributed by atoms with E-state index in [0.717, 1.165) is 66.9 Å². The SMILES string of the molecule is COc1ccc(N2CC(C)n3c(c(CCCOc4cc(C)c(Cl)c(C)c4)c4ccc(Cl)c(-c5c(C)nn(COCC[Si](C)(C)C)c5C)c43)C2=O)c2[nH]c(C(=O)O)cc12. The Hall–Kier alpha value is -4.75. The number of H-pyrrole nitrogens is 1. The van der Waals surface area contributed by atoms with E-state index in [-0.39, 0.29) is 17.6 Å². The zero-order valence-electron chi connectivity index (χ0n) is 34.6. The number of aryl methyl sites for hydroxylation is 4. The topological polar surface area (TPSA) is 124 Å². The van der Waals surface area contributed by atoms with Gasteiger partial charge in [0.15, 0.2) is 0 Å². The van der Waals surface area contributed by atoms with Gasteiger partial charge in [0.1, 0.15) is 29.6 Å². The fourth-order valence-corrected chi connectivity index (χ4v) is 9.33. The molecule has 1 aliphatic heterocycles. The molecule has 0 saturated heterocycles. The average Bonchev–Trinajstić information content (AvgIpc) is 3.84. The van der Waals surface area contributed by atoms with Gasteiger partial charge >= 0.3 is 5.97 Å². The quantitative estimate of drug-likeness (QED) is 0.0826. The van der Waals surface area contributed by atoms with Gasteiger partial charge in [0.05, 0.1) is 41.2 Å². The maximum absolute atomic E-state index is 15.2. The number of aromatic carboxylic acids is 1. The van der Waals surface area contributed by atoms with Crippen LogP contribution in [0.2, 0.25) is 35.7 Å². The Morgan fingerprint density at radius 1 is 1.00 bits per heavy atom. The lowest BCUT2D eigenvalue weighted by atomic mass is 9.98. The Balaban J connectivity index is 1.35. The van der Waals surface area contributed by atoms with Gasteiger partial charge in [-0.3, -0.25) is 4.79 Å². The lowest BCUT2D eigenvalue weighted by Gasteiger charge is -2.34. The van der Waals surface area contributed by atoms with Crippen LogP contribution in [-0.2, 0) is 17.9 Å². The predicted octanol–water partition coefficient (Wildman–Crippen LogP) is 10.8. The summed E-state index contributed by atoms with van der Waals surface area (Å²) in [4.78, 5) is 32.0. The maximum atomic E-state index is 15.2. The number of carboxylic acid groups (broad SMARTS) is 1. The third kappa shape index (κ3) is 7.63. The molecule has 306 valence electrons. The number of carboxylic acids is 1. The van der Waals surface area contributed by atoms with Gasteiger partial charge < -0.3 is 33.8 Å². The summed E-state index contributed by atoms with van der Waals surface area (Å²) >= 11 is 13.6. The van der Waals surface area contributed by atoms with E-state index in [2.05, 4.69) is 36.1 Å². The maximum Gasteiger partial charge on any atom is 0.352 e. The van der Waals surface area contributed by atoms with Crippen LogP contribution in [0.3, 0.4) is 0 Å². The van der Waals surface area contributed by atoms with E-state index in [1.807, 2.05) is 62.7 Å². The van der Waals surface area contributed by atoms with Crippen LogP contribution in [0.4, 0.5) is 5.69 Å². The van der Waals surface area contributed by atoms with Crippen molar-refractivity contribution >= 4 is 70.6 Å². The summed E-state index contributed by atoms with van der Waals surface area (Å²) in [5, 5.41) is 17.6. The average molecular weight is 845 g/mol. The van der Waals surface area contributed by atoms with E-state index in [0.29, 0.717) is 72.4 Å². The lowest BCUT2D eigenvalue weighted by Crippen LogP contribution is -2.42. The van der Waals surface area contributed by atoms with Crippen LogP contribution in [0.1, 0.15) is 68.4 Å². The molecule has 0 saturated carbocycles. The lowest BCUT2D eigenvalue weighted by molar-refractivity contribution is 0.0691. The van der Waals surface area contributed by atoms with Crippen LogP contribution in [0.5, 0.6) is 11.5 Å². The molecule has 1 amide bonds. The first-order valence-electron chi connectivity index (χ1n) is 19.6. The second-order valence-corrected chi connectivity index (χ2v) is 23.0. The zero-order chi connectivity index (χ0) is 41.8. The standard InChI is InChI=1S/C44H51Cl2N5O6Si/c1-24-19-29(20-25(2)39(24)46)57-16-10-11-30-31-12-13-33(45)38(37-27(4)48-50(28(37)5)23-56-17-18-58(7,8)9)41(31)51-26(3)22-49(43(52)42(30)51)35-14-15-36(55-6)32-21-34(44(53)54)47-40(32)35/h12-15,19-21,26,47H,10-11,16-18,22-23H2,1-9H3,(H,53,54). The van der Waals surface area contributed by atoms with Crippen molar-refractivity contribution in [1.82, 2.24) is 19.3 Å². The number of carbonyl (C=O) groups excluding carboxylic acids is 1. The second kappa shape index (κ2) is 16.1. The molecule has 14 heteroatoms. The van der Waals surface area contributed by atoms with Gasteiger partial charge in [-0.15, -0.1) is 0 Å². The number of aromatic nitrogens is 4. The molecule has 1 aliphatic rings. The summed E-state index contributed by atoms with van der Waals surface area (Å²) in [6.45, 7) is 18.8. The summed E-state index contributed by atoms with van der Waals surface area (Å²) in [5.41, 5.74) is 8.80. The number of nitrogens with zero attached hydrogens (tertiary/aromatic N) is 4. The summed E-state index contributed by atoms with van der Waals surface area (Å²) in [6, 6.07) is 13.8. The third-order valence-corrected chi connectivity index (χ3v) is 13.7. The minimum atomic E-state index is -1.26. The molecule has 3 aromatic carbocycles. The van der Waals surface area contributed by atoms with E-state index in [9.17, 15) is 9.90 Å². The highest BCUT2D eigenvalue weighted by Gasteiger charge is 2.38. The normalized spacial score (nSPS) is 14.5. The molecular formula is C44H51Cl2N5O6Si. The van der Waals surface area contributed by atoms with Crippen LogP contribution in [0.25, 0.3) is 32.9 Å². The van der Waals surface area contributed by atoms with E-state index in [4.69, 9.17) is 42.5 Å². The van der Waals surface area contributed by atoms with Crippen molar-refractivity contribution in [2.75, 3.05) is 31.8 Å². The number of nitrogens with one attached hydrogen (secondary N) is 1.